The minimum absolute atomic E-state index is 0.509. The van der Waals surface area contributed by atoms with Crippen LogP contribution in [-0.4, -0.2) is 16.7 Å². The number of fused-ring (bicyclic) bond motifs is 1. The van der Waals surface area contributed by atoms with Gasteiger partial charge in [0, 0.05) is 23.5 Å². The molecule has 2 aromatic carbocycles. The average Bonchev–Trinajstić information content (AvgIpc) is 3.14. The Morgan fingerprint density at radius 3 is 2.67 bits per heavy atom. The van der Waals surface area contributed by atoms with Crippen LogP contribution in [0.25, 0.3) is 11.5 Å². The van der Waals surface area contributed by atoms with E-state index in [2.05, 4.69) is 33.3 Å². The predicted octanol–water partition coefficient (Wildman–Crippen LogP) is 3.01. The number of hydrogen-bond acceptors (Lipinski definition) is 5. The second kappa shape index (κ2) is 4.63. The fraction of sp³-hybridized carbons (Fsp3) is 0.125. The number of nitrogens with zero attached hydrogens (tertiary/aromatic N) is 3. The van der Waals surface area contributed by atoms with Crippen LogP contribution in [0, 0.1) is 0 Å². The van der Waals surface area contributed by atoms with Gasteiger partial charge < -0.3 is 10.2 Å². The quantitative estimate of drug-likeness (QED) is 0.730. The van der Waals surface area contributed by atoms with Crippen LogP contribution in [0.15, 0.2) is 52.9 Å². The van der Waals surface area contributed by atoms with Crippen molar-refractivity contribution in [2.24, 2.45) is 0 Å². The summed E-state index contributed by atoms with van der Waals surface area (Å²) in [5, 5.41) is 8.31. The molecule has 0 saturated heterocycles. The van der Waals surface area contributed by atoms with Gasteiger partial charge in [-0.2, -0.15) is 0 Å². The molecule has 2 heterocycles. The van der Waals surface area contributed by atoms with Crippen molar-refractivity contribution in [3.05, 3.63) is 54.1 Å². The van der Waals surface area contributed by atoms with E-state index in [1.165, 1.54) is 5.56 Å². The summed E-state index contributed by atoms with van der Waals surface area (Å²) in [6.07, 6.45) is 0.996. The SMILES string of the molecule is Nc1ccc(-c2nnc(N3CCc4ccccc43)o2)cc1. The van der Waals surface area contributed by atoms with Crippen molar-refractivity contribution in [3.63, 3.8) is 0 Å². The highest BCUT2D eigenvalue weighted by Gasteiger charge is 2.24. The molecular weight excluding hydrogens is 264 g/mol. The van der Waals surface area contributed by atoms with Crippen LogP contribution in [0.5, 0.6) is 0 Å². The summed E-state index contributed by atoms with van der Waals surface area (Å²) in [5.41, 5.74) is 9.73. The van der Waals surface area contributed by atoms with Gasteiger partial charge in [-0.3, -0.25) is 4.90 Å². The third kappa shape index (κ3) is 2.03. The lowest BCUT2D eigenvalue weighted by Gasteiger charge is -2.13. The van der Waals surface area contributed by atoms with E-state index in [4.69, 9.17) is 10.2 Å². The van der Waals surface area contributed by atoms with Gasteiger partial charge in [0.2, 0.25) is 5.89 Å². The van der Waals surface area contributed by atoms with E-state index in [9.17, 15) is 0 Å². The molecule has 5 nitrogen and oxygen atoms in total. The second-order valence-electron chi connectivity index (χ2n) is 5.04. The summed E-state index contributed by atoms with van der Waals surface area (Å²) in [6, 6.07) is 16.2. The zero-order valence-electron chi connectivity index (χ0n) is 11.4. The fourth-order valence-electron chi connectivity index (χ4n) is 2.60. The van der Waals surface area contributed by atoms with Crippen molar-refractivity contribution in [1.82, 2.24) is 10.2 Å². The summed E-state index contributed by atoms with van der Waals surface area (Å²) in [5.74, 6) is 0.509. The largest absolute Gasteiger partial charge is 0.403 e. The molecule has 5 heteroatoms. The van der Waals surface area contributed by atoms with Gasteiger partial charge in [0.1, 0.15) is 0 Å². The number of benzene rings is 2. The Balaban J connectivity index is 1.68. The van der Waals surface area contributed by atoms with Crippen LogP contribution in [0.4, 0.5) is 17.4 Å². The van der Waals surface area contributed by atoms with Crippen molar-refractivity contribution < 1.29 is 4.42 Å². The standard InChI is InChI=1S/C16H14N4O/c17-13-7-5-12(6-8-13)15-18-19-16(21-15)20-10-9-11-3-1-2-4-14(11)20/h1-8H,9-10,17H2. The Morgan fingerprint density at radius 2 is 1.81 bits per heavy atom. The van der Waals surface area contributed by atoms with E-state index in [1.54, 1.807) is 0 Å². The molecule has 3 aromatic rings. The third-order valence-electron chi connectivity index (χ3n) is 3.69. The highest BCUT2D eigenvalue weighted by Crippen LogP contribution is 2.34. The zero-order valence-corrected chi connectivity index (χ0v) is 11.4. The molecule has 4 rings (SSSR count). The van der Waals surface area contributed by atoms with Crippen LogP contribution in [0.3, 0.4) is 0 Å². The lowest BCUT2D eigenvalue weighted by molar-refractivity contribution is 0.566. The molecule has 21 heavy (non-hydrogen) atoms. The molecule has 0 amide bonds. The lowest BCUT2D eigenvalue weighted by atomic mass is 10.2. The molecule has 1 aromatic heterocycles. The minimum Gasteiger partial charge on any atom is -0.403 e. The number of rotatable bonds is 2. The first-order chi connectivity index (χ1) is 10.3. The lowest BCUT2D eigenvalue weighted by Crippen LogP contribution is -2.13. The summed E-state index contributed by atoms with van der Waals surface area (Å²) in [6.45, 7) is 0.864. The summed E-state index contributed by atoms with van der Waals surface area (Å²) in [7, 11) is 0. The second-order valence-corrected chi connectivity index (χ2v) is 5.04. The predicted molar refractivity (Wildman–Crippen MR) is 81.3 cm³/mol. The average molecular weight is 278 g/mol. The highest BCUT2D eigenvalue weighted by molar-refractivity contribution is 5.65. The van der Waals surface area contributed by atoms with Gasteiger partial charge in [-0.1, -0.05) is 23.3 Å². The van der Waals surface area contributed by atoms with E-state index >= 15 is 0 Å². The molecule has 0 atom stereocenters. The minimum atomic E-state index is 0.509. The van der Waals surface area contributed by atoms with Gasteiger partial charge in [0.05, 0.1) is 0 Å². The Morgan fingerprint density at radius 1 is 1.00 bits per heavy atom. The molecule has 1 aliphatic heterocycles. The van der Waals surface area contributed by atoms with Gasteiger partial charge in [-0.15, -0.1) is 5.10 Å². The first-order valence-electron chi connectivity index (χ1n) is 6.86. The smallest absolute Gasteiger partial charge is 0.323 e. The van der Waals surface area contributed by atoms with Crippen LogP contribution in [0.1, 0.15) is 5.56 Å². The molecule has 2 N–H and O–H groups in total. The van der Waals surface area contributed by atoms with Crippen molar-refractivity contribution >= 4 is 17.4 Å². The van der Waals surface area contributed by atoms with E-state index in [0.717, 1.165) is 24.2 Å². The van der Waals surface area contributed by atoms with Gasteiger partial charge >= 0.3 is 6.01 Å². The van der Waals surface area contributed by atoms with E-state index in [0.29, 0.717) is 17.6 Å². The molecule has 0 radical (unpaired) electrons. The molecule has 0 unspecified atom stereocenters. The third-order valence-corrected chi connectivity index (χ3v) is 3.69. The van der Waals surface area contributed by atoms with Crippen molar-refractivity contribution in [2.45, 2.75) is 6.42 Å². The number of hydrogen-bond donors (Lipinski definition) is 1. The van der Waals surface area contributed by atoms with E-state index < -0.39 is 0 Å². The Kier molecular flexibility index (Phi) is 2.64. The van der Waals surface area contributed by atoms with E-state index in [-0.39, 0.29) is 0 Å². The maximum atomic E-state index is 5.81. The van der Waals surface area contributed by atoms with Crippen molar-refractivity contribution in [3.8, 4) is 11.5 Å². The normalized spacial score (nSPS) is 13.4. The molecule has 1 aliphatic rings. The Bertz CT molecular complexity index is 779. The first-order valence-corrected chi connectivity index (χ1v) is 6.86. The number of aromatic nitrogens is 2. The summed E-state index contributed by atoms with van der Waals surface area (Å²) < 4.78 is 5.81. The number of anilines is 3. The van der Waals surface area contributed by atoms with Gasteiger partial charge in [-0.05, 0) is 42.3 Å². The van der Waals surface area contributed by atoms with Crippen LogP contribution in [0.2, 0.25) is 0 Å². The van der Waals surface area contributed by atoms with Gasteiger partial charge in [0.15, 0.2) is 0 Å². The van der Waals surface area contributed by atoms with Gasteiger partial charge in [-0.25, -0.2) is 0 Å². The van der Waals surface area contributed by atoms with Crippen LogP contribution in [-0.2, 0) is 6.42 Å². The van der Waals surface area contributed by atoms with Crippen molar-refractivity contribution in [2.75, 3.05) is 17.2 Å². The van der Waals surface area contributed by atoms with Gasteiger partial charge in [0.25, 0.3) is 0 Å². The van der Waals surface area contributed by atoms with Crippen LogP contribution < -0.4 is 10.6 Å². The molecule has 0 fully saturated rings. The topological polar surface area (TPSA) is 68.2 Å². The Labute approximate surface area is 122 Å². The first kappa shape index (κ1) is 12.0. The summed E-state index contributed by atoms with van der Waals surface area (Å²) in [4.78, 5) is 2.06. The van der Waals surface area contributed by atoms with Crippen molar-refractivity contribution in [1.29, 1.82) is 0 Å². The molecule has 0 aliphatic carbocycles. The fourth-order valence-corrected chi connectivity index (χ4v) is 2.60. The number of para-hydroxylation sites is 1. The molecule has 0 saturated carbocycles. The Hall–Kier alpha value is -2.82. The van der Waals surface area contributed by atoms with E-state index in [1.807, 2.05) is 30.3 Å². The number of nitrogen functional groups attached to an aromatic ring is 1. The maximum Gasteiger partial charge on any atom is 0.323 e. The molecular formula is C16H14N4O. The molecule has 104 valence electrons. The maximum absolute atomic E-state index is 5.81. The highest BCUT2D eigenvalue weighted by atomic mass is 16.4. The molecule has 0 spiro atoms. The summed E-state index contributed by atoms with van der Waals surface area (Å²) >= 11 is 0. The zero-order chi connectivity index (χ0) is 14.2. The monoisotopic (exact) mass is 278 g/mol. The molecule has 0 bridgehead atoms. The van der Waals surface area contributed by atoms with Crippen LogP contribution >= 0.6 is 0 Å². The number of nitrogens with two attached hydrogens (primary N) is 1.